The van der Waals surface area contributed by atoms with Crippen molar-refractivity contribution >= 4 is 0 Å². The first-order valence-corrected chi connectivity index (χ1v) is 5.47. The Balaban J connectivity index is 2.46. The quantitative estimate of drug-likeness (QED) is 0.711. The van der Waals surface area contributed by atoms with E-state index in [1.54, 1.807) is 0 Å². The molecule has 3 heteroatoms. The van der Waals surface area contributed by atoms with E-state index in [-0.39, 0.29) is 12.0 Å². The van der Waals surface area contributed by atoms with Crippen LogP contribution in [0.5, 0.6) is 0 Å². The van der Waals surface area contributed by atoms with Crippen LogP contribution in [0.4, 0.5) is 0 Å². The van der Waals surface area contributed by atoms with Crippen LogP contribution in [0, 0.1) is 5.92 Å². The Morgan fingerprint density at radius 2 is 2.07 bits per heavy atom. The van der Waals surface area contributed by atoms with Crippen LogP contribution >= 0.6 is 0 Å². The van der Waals surface area contributed by atoms with Gasteiger partial charge in [-0.05, 0) is 59.2 Å². The first-order valence-electron chi connectivity index (χ1n) is 5.47. The monoisotopic (exact) mass is 201 g/mol. The minimum Gasteiger partial charge on any atom is -0.393 e. The average molecular weight is 201 g/mol. The first-order chi connectivity index (χ1) is 6.42. The summed E-state index contributed by atoms with van der Waals surface area (Å²) in [6, 6.07) is 0. The zero-order valence-corrected chi connectivity index (χ0v) is 9.53. The molecule has 1 rings (SSSR count). The van der Waals surface area contributed by atoms with Gasteiger partial charge in [-0.25, -0.2) is 0 Å². The fourth-order valence-electron chi connectivity index (χ4n) is 2.21. The minimum atomic E-state index is -0.574. The van der Waals surface area contributed by atoms with Gasteiger partial charge < -0.3 is 15.1 Å². The third-order valence-corrected chi connectivity index (χ3v) is 3.34. The van der Waals surface area contributed by atoms with Crippen LogP contribution in [0.25, 0.3) is 0 Å². The first kappa shape index (κ1) is 12.0. The highest BCUT2D eigenvalue weighted by Gasteiger charge is 2.37. The normalized spacial score (nSPS) is 39.0. The van der Waals surface area contributed by atoms with Crippen LogP contribution < -0.4 is 0 Å². The van der Waals surface area contributed by atoms with Crippen molar-refractivity contribution in [3.8, 4) is 0 Å². The molecule has 0 aliphatic heterocycles. The summed E-state index contributed by atoms with van der Waals surface area (Å²) in [7, 11) is 4.07. The lowest BCUT2D eigenvalue weighted by Crippen LogP contribution is -2.43. The van der Waals surface area contributed by atoms with Crippen LogP contribution in [-0.2, 0) is 0 Å². The maximum absolute atomic E-state index is 10.1. The number of hydrogen-bond donors (Lipinski definition) is 2. The SMILES string of the molecule is CN(C)CCC1CC(O)CCC1(C)O. The number of aliphatic hydroxyl groups excluding tert-OH is 1. The highest BCUT2D eigenvalue weighted by atomic mass is 16.3. The summed E-state index contributed by atoms with van der Waals surface area (Å²) in [6.45, 7) is 2.88. The van der Waals surface area contributed by atoms with Gasteiger partial charge in [0.1, 0.15) is 0 Å². The summed E-state index contributed by atoms with van der Waals surface area (Å²) in [5, 5.41) is 19.7. The number of aliphatic hydroxyl groups is 2. The molecular weight excluding hydrogens is 178 g/mol. The zero-order chi connectivity index (χ0) is 10.8. The molecule has 0 heterocycles. The Labute approximate surface area is 86.7 Å². The lowest BCUT2D eigenvalue weighted by atomic mass is 9.74. The second-order valence-electron chi connectivity index (χ2n) is 5.07. The van der Waals surface area contributed by atoms with Gasteiger partial charge >= 0.3 is 0 Å². The maximum Gasteiger partial charge on any atom is 0.0650 e. The summed E-state index contributed by atoms with van der Waals surface area (Å²) in [6.07, 6.45) is 2.98. The molecule has 84 valence electrons. The summed E-state index contributed by atoms with van der Waals surface area (Å²) in [4.78, 5) is 2.12. The molecular formula is C11H23NO2. The highest BCUT2D eigenvalue weighted by Crippen LogP contribution is 2.35. The molecule has 0 amide bonds. The second-order valence-corrected chi connectivity index (χ2v) is 5.07. The molecule has 3 unspecified atom stereocenters. The number of nitrogens with zero attached hydrogens (tertiary/aromatic N) is 1. The van der Waals surface area contributed by atoms with Crippen molar-refractivity contribution in [3.05, 3.63) is 0 Å². The Hall–Kier alpha value is -0.120. The van der Waals surface area contributed by atoms with Crippen molar-refractivity contribution in [1.29, 1.82) is 0 Å². The fourth-order valence-corrected chi connectivity index (χ4v) is 2.21. The lowest BCUT2D eigenvalue weighted by Gasteiger charge is -2.39. The van der Waals surface area contributed by atoms with Gasteiger partial charge in [0.2, 0.25) is 0 Å². The van der Waals surface area contributed by atoms with Crippen LogP contribution in [0.15, 0.2) is 0 Å². The predicted octanol–water partition coefficient (Wildman–Crippen LogP) is 0.850. The Kier molecular flexibility index (Phi) is 3.93. The molecule has 0 saturated heterocycles. The van der Waals surface area contributed by atoms with Gasteiger partial charge in [-0.2, -0.15) is 0 Å². The average Bonchev–Trinajstić information content (AvgIpc) is 2.07. The van der Waals surface area contributed by atoms with Crippen LogP contribution in [0.2, 0.25) is 0 Å². The summed E-state index contributed by atoms with van der Waals surface area (Å²) in [5.41, 5.74) is -0.574. The second kappa shape index (κ2) is 4.60. The Morgan fingerprint density at radius 1 is 1.43 bits per heavy atom. The zero-order valence-electron chi connectivity index (χ0n) is 9.53. The molecule has 0 bridgehead atoms. The van der Waals surface area contributed by atoms with E-state index >= 15 is 0 Å². The maximum atomic E-state index is 10.1. The van der Waals surface area contributed by atoms with E-state index in [1.165, 1.54) is 0 Å². The van der Waals surface area contributed by atoms with E-state index < -0.39 is 5.60 Å². The molecule has 1 saturated carbocycles. The van der Waals surface area contributed by atoms with Crippen molar-refractivity contribution in [2.24, 2.45) is 5.92 Å². The molecule has 0 aromatic heterocycles. The van der Waals surface area contributed by atoms with Gasteiger partial charge in [-0.1, -0.05) is 0 Å². The third kappa shape index (κ3) is 3.23. The molecule has 14 heavy (non-hydrogen) atoms. The Morgan fingerprint density at radius 3 is 2.64 bits per heavy atom. The summed E-state index contributed by atoms with van der Waals surface area (Å²) in [5.74, 6) is 0.244. The van der Waals surface area contributed by atoms with Crippen molar-refractivity contribution in [1.82, 2.24) is 4.90 Å². The fraction of sp³-hybridized carbons (Fsp3) is 1.00. The van der Waals surface area contributed by atoms with Crippen molar-refractivity contribution in [2.75, 3.05) is 20.6 Å². The number of rotatable bonds is 3. The van der Waals surface area contributed by atoms with E-state index in [0.717, 1.165) is 32.2 Å². The van der Waals surface area contributed by atoms with Crippen molar-refractivity contribution in [3.63, 3.8) is 0 Å². The van der Waals surface area contributed by atoms with Gasteiger partial charge in [0.15, 0.2) is 0 Å². The molecule has 0 spiro atoms. The summed E-state index contributed by atoms with van der Waals surface area (Å²) < 4.78 is 0. The van der Waals surface area contributed by atoms with Crippen LogP contribution in [-0.4, -0.2) is 47.5 Å². The van der Waals surface area contributed by atoms with Crippen LogP contribution in [0.3, 0.4) is 0 Å². The smallest absolute Gasteiger partial charge is 0.0650 e. The van der Waals surface area contributed by atoms with E-state index in [1.807, 2.05) is 21.0 Å². The van der Waals surface area contributed by atoms with E-state index in [2.05, 4.69) is 4.90 Å². The molecule has 0 radical (unpaired) electrons. The molecule has 3 nitrogen and oxygen atoms in total. The third-order valence-electron chi connectivity index (χ3n) is 3.34. The van der Waals surface area contributed by atoms with Crippen molar-refractivity contribution < 1.29 is 10.2 Å². The van der Waals surface area contributed by atoms with Crippen molar-refractivity contribution in [2.45, 2.75) is 44.3 Å². The van der Waals surface area contributed by atoms with Gasteiger partial charge in [-0.15, -0.1) is 0 Å². The van der Waals surface area contributed by atoms with Gasteiger partial charge in [0.05, 0.1) is 11.7 Å². The van der Waals surface area contributed by atoms with Gasteiger partial charge in [0, 0.05) is 0 Å². The largest absolute Gasteiger partial charge is 0.393 e. The lowest BCUT2D eigenvalue weighted by molar-refractivity contribution is -0.0711. The van der Waals surface area contributed by atoms with E-state index in [9.17, 15) is 10.2 Å². The Bertz CT molecular complexity index is 180. The molecule has 3 atom stereocenters. The van der Waals surface area contributed by atoms with Crippen LogP contribution in [0.1, 0.15) is 32.6 Å². The number of hydrogen-bond acceptors (Lipinski definition) is 3. The molecule has 1 fully saturated rings. The molecule has 1 aliphatic rings. The van der Waals surface area contributed by atoms with Gasteiger partial charge in [0.25, 0.3) is 0 Å². The predicted molar refractivity (Wildman–Crippen MR) is 57.1 cm³/mol. The minimum absolute atomic E-state index is 0.206. The van der Waals surface area contributed by atoms with E-state index in [4.69, 9.17) is 0 Å². The topological polar surface area (TPSA) is 43.7 Å². The van der Waals surface area contributed by atoms with Gasteiger partial charge in [-0.3, -0.25) is 0 Å². The highest BCUT2D eigenvalue weighted by molar-refractivity contribution is 4.89. The molecule has 1 aliphatic carbocycles. The molecule has 2 N–H and O–H groups in total. The van der Waals surface area contributed by atoms with E-state index in [0.29, 0.717) is 0 Å². The summed E-state index contributed by atoms with van der Waals surface area (Å²) >= 11 is 0. The molecule has 0 aromatic carbocycles. The standard InChI is InChI=1S/C11H23NO2/c1-11(14)6-4-10(13)8-9(11)5-7-12(2)3/h9-10,13-14H,4-8H2,1-3H3. The molecule has 0 aromatic rings.